The molecule has 2 rings (SSSR count). The fourth-order valence-corrected chi connectivity index (χ4v) is 1.26. The maximum atomic E-state index is 5.53. The molecule has 2 heterocycles. The zero-order chi connectivity index (χ0) is 11.4. The molecule has 0 saturated heterocycles. The van der Waals surface area contributed by atoms with Gasteiger partial charge in [-0.25, -0.2) is 9.97 Å². The molecule has 84 valence electrons. The number of hydrogen-bond donors (Lipinski definition) is 1. The summed E-state index contributed by atoms with van der Waals surface area (Å²) in [5.74, 6) is 1.33. The van der Waals surface area contributed by atoms with E-state index < -0.39 is 0 Å². The third-order valence-corrected chi connectivity index (χ3v) is 2.06. The molecule has 0 aliphatic carbocycles. The molecule has 2 aromatic rings. The lowest BCUT2D eigenvalue weighted by Gasteiger charge is -2.00. The third-order valence-electron chi connectivity index (χ3n) is 1.84. The average molecular weight is 240 g/mol. The number of hydrogen-bond acceptors (Lipinski definition) is 6. The van der Waals surface area contributed by atoms with Gasteiger partial charge in [0.1, 0.15) is 11.7 Å². The van der Waals surface area contributed by atoms with Crippen LogP contribution in [-0.2, 0) is 12.4 Å². The molecule has 0 unspecified atom stereocenters. The van der Waals surface area contributed by atoms with Crippen LogP contribution in [0.4, 0.5) is 6.01 Å². The molecule has 0 bridgehead atoms. The second-order valence-corrected chi connectivity index (χ2v) is 3.35. The van der Waals surface area contributed by atoms with Crippen LogP contribution in [0.5, 0.6) is 0 Å². The molecule has 0 saturated carbocycles. The first-order valence-corrected chi connectivity index (χ1v) is 5.22. The van der Waals surface area contributed by atoms with Gasteiger partial charge in [-0.2, -0.15) is 0 Å². The average Bonchev–Trinajstić information content (AvgIpc) is 2.74. The van der Waals surface area contributed by atoms with Gasteiger partial charge in [-0.15, -0.1) is 16.7 Å². The van der Waals surface area contributed by atoms with E-state index in [1.54, 1.807) is 6.20 Å². The molecule has 1 N–H and O–H groups in total. The fourth-order valence-electron chi connectivity index (χ4n) is 1.15. The van der Waals surface area contributed by atoms with Crippen molar-refractivity contribution < 1.29 is 4.42 Å². The predicted octanol–water partition coefficient (Wildman–Crippen LogP) is 1.52. The summed E-state index contributed by atoms with van der Waals surface area (Å²) in [6.45, 7) is 2.34. The molecule has 16 heavy (non-hydrogen) atoms. The Morgan fingerprint density at radius 1 is 1.44 bits per heavy atom. The number of rotatable bonds is 4. The Morgan fingerprint density at radius 2 is 2.31 bits per heavy atom. The number of nitrogens with zero attached hydrogens (tertiary/aromatic N) is 4. The smallest absolute Gasteiger partial charge is 0.315 e. The van der Waals surface area contributed by atoms with Gasteiger partial charge in [-0.3, -0.25) is 0 Å². The molecule has 0 aromatic carbocycles. The van der Waals surface area contributed by atoms with Gasteiger partial charge in [0.15, 0.2) is 0 Å². The van der Waals surface area contributed by atoms with Crippen molar-refractivity contribution in [2.75, 3.05) is 5.32 Å². The predicted molar refractivity (Wildman–Crippen MR) is 58.0 cm³/mol. The molecule has 0 atom stereocenters. The number of nitrogens with one attached hydrogen (secondary N) is 1. The highest BCUT2D eigenvalue weighted by Gasteiger charge is 2.04. The van der Waals surface area contributed by atoms with Crippen LogP contribution in [0, 0.1) is 6.92 Å². The van der Waals surface area contributed by atoms with Gasteiger partial charge >= 0.3 is 6.01 Å². The van der Waals surface area contributed by atoms with Crippen LogP contribution in [-0.4, -0.2) is 20.2 Å². The summed E-state index contributed by atoms with van der Waals surface area (Å²) in [6, 6.07) is 2.16. The van der Waals surface area contributed by atoms with E-state index in [-0.39, 0.29) is 5.88 Å². The van der Waals surface area contributed by atoms with Crippen LogP contribution in [0.1, 0.15) is 17.4 Å². The highest BCUT2D eigenvalue weighted by molar-refractivity contribution is 6.16. The molecule has 0 amide bonds. The minimum absolute atomic E-state index is 0.210. The van der Waals surface area contributed by atoms with Crippen LogP contribution in [0.15, 0.2) is 16.7 Å². The Bertz CT molecular complexity index is 472. The van der Waals surface area contributed by atoms with Crippen molar-refractivity contribution >= 4 is 17.6 Å². The van der Waals surface area contributed by atoms with E-state index in [0.29, 0.717) is 18.5 Å². The number of anilines is 1. The van der Waals surface area contributed by atoms with Crippen molar-refractivity contribution in [1.29, 1.82) is 0 Å². The van der Waals surface area contributed by atoms with E-state index in [0.717, 1.165) is 11.5 Å². The van der Waals surface area contributed by atoms with E-state index in [9.17, 15) is 0 Å². The first kappa shape index (κ1) is 10.8. The van der Waals surface area contributed by atoms with Crippen molar-refractivity contribution in [3.8, 4) is 0 Å². The molecule has 0 fully saturated rings. The molecule has 7 heteroatoms. The van der Waals surface area contributed by atoms with Gasteiger partial charge in [-0.05, 0) is 13.0 Å². The largest absolute Gasteiger partial charge is 0.407 e. The second kappa shape index (κ2) is 4.89. The first-order valence-electron chi connectivity index (χ1n) is 4.68. The summed E-state index contributed by atoms with van der Waals surface area (Å²) in [6.07, 6.45) is 1.71. The maximum absolute atomic E-state index is 5.53. The van der Waals surface area contributed by atoms with Crippen LogP contribution in [0.2, 0.25) is 0 Å². The SMILES string of the molecule is Cc1nccc(CNc2nnc(CCl)o2)n1. The number of aromatic nitrogens is 4. The van der Waals surface area contributed by atoms with Gasteiger partial charge in [0.25, 0.3) is 0 Å². The molecule has 2 aromatic heterocycles. The molecular formula is C9H10ClN5O. The molecule has 0 aliphatic rings. The van der Waals surface area contributed by atoms with Crippen molar-refractivity contribution in [1.82, 2.24) is 20.2 Å². The molecule has 0 radical (unpaired) electrons. The molecule has 0 aliphatic heterocycles. The maximum Gasteiger partial charge on any atom is 0.315 e. The Labute approximate surface area is 97.1 Å². The number of alkyl halides is 1. The minimum Gasteiger partial charge on any atom is -0.407 e. The van der Waals surface area contributed by atoms with Gasteiger partial charge in [0.2, 0.25) is 5.89 Å². The van der Waals surface area contributed by atoms with Crippen molar-refractivity contribution in [2.24, 2.45) is 0 Å². The summed E-state index contributed by atoms with van der Waals surface area (Å²) >= 11 is 5.53. The van der Waals surface area contributed by atoms with Crippen molar-refractivity contribution in [2.45, 2.75) is 19.3 Å². The van der Waals surface area contributed by atoms with Gasteiger partial charge in [0.05, 0.1) is 12.2 Å². The van der Waals surface area contributed by atoms with E-state index >= 15 is 0 Å². The Kier molecular flexibility index (Phi) is 3.31. The first-order chi connectivity index (χ1) is 7.78. The standard InChI is InChI=1S/C9H10ClN5O/c1-6-11-3-2-7(13-6)5-12-9-15-14-8(4-10)16-9/h2-3H,4-5H2,1H3,(H,12,15). The zero-order valence-corrected chi connectivity index (χ0v) is 9.40. The van der Waals surface area contributed by atoms with Gasteiger partial charge in [0, 0.05) is 6.20 Å². The summed E-state index contributed by atoms with van der Waals surface area (Å²) in [7, 11) is 0. The summed E-state index contributed by atoms with van der Waals surface area (Å²) < 4.78 is 5.18. The number of halogens is 1. The Morgan fingerprint density at radius 3 is 3.00 bits per heavy atom. The number of aryl methyl sites for hydroxylation is 1. The topological polar surface area (TPSA) is 76.7 Å². The second-order valence-electron chi connectivity index (χ2n) is 3.08. The lowest BCUT2D eigenvalue weighted by atomic mass is 10.4. The van der Waals surface area contributed by atoms with E-state index in [1.165, 1.54) is 0 Å². The van der Waals surface area contributed by atoms with Crippen LogP contribution in [0.25, 0.3) is 0 Å². The summed E-state index contributed by atoms with van der Waals surface area (Å²) in [4.78, 5) is 8.23. The molecular weight excluding hydrogens is 230 g/mol. The highest BCUT2D eigenvalue weighted by Crippen LogP contribution is 2.08. The normalized spacial score (nSPS) is 10.4. The Hall–Kier alpha value is -1.69. The van der Waals surface area contributed by atoms with Crippen LogP contribution < -0.4 is 5.32 Å². The van der Waals surface area contributed by atoms with Gasteiger partial charge < -0.3 is 9.73 Å². The lowest BCUT2D eigenvalue weighted by molar-refractivity contribution is 0.525. The minimum atomic E-state index is 0.210. The molecule has 0 spiro atoms. The van der Waals surface area contributed by atoms with Crippen molar-refractivity contribution in [3.63, 3.8) is 0 Å². The Balaban J connectivity index is 1.96. The fraction of sp³-hybridized carbons (Fsp3) is 0.333. The zero-order valence-electron chi connectivity index (χ0n) is 8.64. The van der Waals surface area contributed by atoms with E-state index in [1.807, 2.05) is 13.0 Å². The quantitative estimate of drug-likeness (QED) is 0.816. The van der Waals surface area contributed by atoms with Crippen LogP contribution >= 0.6 is 11.6 Å². The third kappa shape index (κ3) is 2.66. The highest BCUT2D eigenvalue weighted by atomic mass is 35.5. The van der Waals surface area contributed by atoms with Crippen LogP contribution in [0.3, 0.4) is 0 Å². The van der Waals surface area contributed by atoms with E-state index in [4.69, 9.17) is 16.0 Å². The summed E-state index contributed by atoms with van der Waals surface area (Å²) in [5, 5.41) is 10.4. The van der Waals surface area contributed by atoms with Gasteiger partial charge in [-0.1, -0.05) is 5.10 Å². The van der Waals surface area contributed by atoms with E-state index in [2.05, 4.69) is 25.5 Å². The van der Waals surface area contributed by atoms with Crippen molar-refractivity contribution in [3.05, 3.63) is 29.7 Å². The monoisotopic (exact) mass is 239 g/mol. The molecule has 6 nitrogen and oxygen atoms in total. The lowest BCUT2D eigenvalue weighted by Crippen LogP contribution is -2.03. The summed E-state index contributed by atoms with van der Waals surface area (Å²) in [5.41, 5.74) is 0.859.